The Labute approximate surface area is 479 Å². The van der Waals surface area contributed by atoms with Crippen molar-refractivity contribution in [1.29, 1.82) is 0 Å². The van der Waals surface area contributed by atoms with Gasteiger partial charge in [0.1, 0.15) is 44.7 Å². The molecule has 19 rings (SSSR count). The number of fused-ring (bicyclic) bond motifs is 19. The second-order valence-electron chi connectivity index (χ2n) is 22.4. The second-order valence-corrected chi connectivity index (χ2v) is 22.4. The summed E-state index contributed by atoms with van der Waals surface area (Å²) in [5.74, 6) is 0. The minimum atomic E-state index is 0.779. The Balaban J connectivity index is 0.844. The largest absolute Gasteiger partial charge is 0.455 e. The molecule has 0 radical (unpaired) electrons. The lowest BCUT2D eigenvalue weighted by molar-refractivity contribution is 0.663. The van der Waals surface area contributed by atoms with E-state index in [1.165, 1.54) is 54.6 Å². The molecule has 84 heavy (non-hydrogen) atoms. The highest BCUT2D eigenvalue weighted by molar-refractivity contribution is 6.32. The number of hydrogen-bond acceptors (Lipinski definition) is 4. The third kappa shape index (κ3) is 6.36. The molecule has 0 saturated carbocycles. The Morgan fingerprint density at radius 3 is 1.17 bits per heavy atom. The maximum absolute atomic E-state index is 7.37. The van der Waals surface area contributed by atoms with Gasteiger partial charge in [0.05, 0.1) is 10.8 Å². The first-order valence-electron chi connectivity index (χ1n) is 28.7. The fraction of sp³-hybridized carbons (Fsp3) is 0. The third-order valence-corrected chi connectivity index (χ3v) is 18.0. The van der Waals surface area contributed by atoms with Crippen LogP contribution in [0.2, 0.25) is 0 Å². The molecule has 0 fully saturated rings. The molecule has 0 bridgehead atoms. The maximum Gasteiger partial charge on any atom is 0.147 e. The van der Waals surface area contributed by atoms with E-state index in [0.29, 0.717) is 0 Å². The molecule has 19 aromatic rings. The van der Waals surface area contributed by atoms with Crippen LogP contribution in [-0.2, 0) is 0 Å². The Morgan fingerprint density at radius 2 is 0.571 bits per heavy atom. The molecule has 15 aromatic carbocycles. The molecule has 0 atom stereocenters. The summed E-state index contributed by atoms with van der Waals surface area (Å²) in [6, 6.07) is 96.1. The summed E-state index contributed by atoms with van der Waals surface area (Å²) < 4.78 is 28.3. The molecule has 0 aliphatic heterocycles. The van der Waals surface area contributed by atoms with Crippen molar-refractivity contribution in [2.75, 3.05) is 0 Å². The summed E-state index contributed by atoms with van der Waals surface area (Å²) in [4.78, 5) is 0. The first kappa shape index (κ1) is 45.5. The summed E-state index contributed by atoms with van der Waals surface area (Å²) in [6.07, 6.45) is 0. The zero-order chi connectivity index (χ0) is 54.7. The summed E-state index contributed by atoms with van der Waals surface area (Å²) in [5.41, 5.74) is 17.7. The molecule has 4 aromatic heterocycles. The van der Waals surface area contributed by atoms with E-state index in [4.69, 9.17) is 17.7 Å². The van der Waals surface area contributed by atoms with Crippen LogP contribution in [0.4, 0.5) is 0 Å². The van der Waals surface area contributed by atoms with E-state index in [9.17, 15) is 0 Å². The van der Waals surface area contributed by atoms with Gasteiger partial charge in [-0.1, -0.05) is 212 Å². The highest BCUT2D eigenvalue weighted by Crippen LogP contribution is 2.53. The highest BCUT2D eigenvalue weighted by Gasteiger charge is 2.28. The van der Waals surface area contributed by atoms with Gasteiger partial charge in [-0.2, -0.15) is 0 Å². The van der Waals surface area contributed by atoms with Crippen LogP contribution >= 0.6 is 0 Å². The number of para-hydroxylation sites is 2. The quantitative estimate of drug-likeness (QED) is 0.161. The van der Waals surface area contributed by atoms with Gasteiger partial charge in [-0.15, -0.1) is 0 Å². The number of rotatable bonds is 5. The average molecular weight is 1070 g/mol. The topological polar surface area (TPSA) is 52.6 Å². The van der Waals surface area contributed by atoms with Crippen molar-refractivity contribution in [3.05, 3.63) is 267 Å². The zero-order valence-corrected chi connectivity index (χ0v) is 45.0. The number of benzene rings is 15. The van der Waals surface area contributed by atoms with Gasteiger partial charge in [-0.25, -0.2) is 0 Å². The Hall–Kier alpha value is -11.2. The molecule has 4 nitrogen and oxygen atoms in total. The van der Waals surface area contributed by atoms with Gasteiger partial charge in [0.25, 0.3) is 0 Å². The molecule has 0 spiro atoms. The Morgan fingerprint density at radius 1 is 0.179 bits per heavy atom. The summed E-state index contributed by atoms with van der Waals surface area (Å²) in [5, 5.41) is 19.9. The summed E-state index contributed by atoms with van der Waals surface area (Å²) in [6.45, 7) is 0. The Kier molecular flexibility index (Phi) is 9.30. The predicted octanol–water partition coefficient (Wildman–Crippen LogP) is 23.4. The SMILES string of the molecule is c1ccc(-c2c3ccccc3c(-c3cc4c5cc(-c6ccc7c(c6)oc6c(-c8c9ccccc9c(-c9ccc%10ccccc%10c9)c9ccccc89)cc8c9ccccc9oc8c67)ccc5oc4c4c3oc3ccccc34)c3ccccc23)cc1. The molecule has 0 aliphatic carbocycles. The van der Waals surface area contributed by atoms with E-state index in [1.807, 2.05) is 12.1 Å². The van der Waals surface area contributed by atoms with Crippen molar-refractivity contribution >= 4 is 142 Å². The fourth-order valence-electron chi connectivity index (χ4n) is 14.4. The zero-order valence-electron chi connectivity index (χ0n) is 45.0. The van der Waals surface area contributed by atoms with E-state index in [2.05, 4.69) is 255 Å². The molecule has 0 N–H and O–H groups in total. The van der Waals surface area contributed by atoms with Gasteiger partial charge in [-0.05, 0) is 142 Å². The lowest BCUT2D eigenvalue weighted by Gasteiger charge is -2.18. The smallest absolute Gasteiger partial charge is 0.147 e. The Bertz CT molecular complexity index is 5930. The van der Waals surface area contributed by atoms with Gasteiger partial charge in [-0.3, -0.25) is 0 Å². The van der Waals surface area contributed by atoms with Crippen LogP contribution in [0.15, 0.2) is 285 Å². The van der Waals surface area contributed by atoms with Gasteiger partial charge < -0.3 is 17.7 Å². The maximum atomic E-state index is 7.37. The van der Waals surface area contributed by atoms with E-state index < -0.39 is 0 Å². The van der Waals surface area contributed by atoms with Gasteiger partial charge in [0.15, 0.2) is 0 Å². The second kappa shape index (κ2) is 17.2. The third-order valence-electron chi connectivity index (χ3n) is 18.0. The normalized spacial score (nSPS) is 12.3. The number of furan rings is 4. The standard InChI is InChI=1S/C80H44O4/c1-2-19-46(20-3-1)71-52-23-6-10-27-56(52)73(57-28-11-7-24-53(57)71)66-44-64-62-41-48(37-39-69(62)83-78(64)75-60-31-15-17-33-68(60)82-79(66)75)49-36-38-61-70(42-49)84-80-65(43-63-51-22-14-16-32-67(51)81-77(63)76(61)80)74-58-29-12-8-25-54(58)72(55-26-9-13-30-59(55)74)50-35-34-45-18-4-5-21-47(45)40-50/h1-44H. The molecule has 0 aliphatic rings. The lowest BCUT2D eigenvalue weighted by atomic mass is 9.85. The summed E-state index contributed by atoms with van der Waals surface area (Å²) in [7, 11) is 0. The van der Waals surface area contributed by atoms with Crippen molar-refractivity contribution in [3.63, 3.8) is 0 Å². The van der Waals surface area contributed by atoms with Crippen molar-refractivity contribution in [2.45, 2.75) is 0 Å². The van der Waals surface area contributed by atoms with Gasteiger partial charge in [0, 0.05) is 54.6 Å². The van der Waals surface area contributed by atoms with E-state index in [0.717, 1.165) is 143 Å². The van der Waals surface area contributed by atoms with Crippen LogP contribution in [0, 0.1) is 0 Å². The minimum Gasteiger partial charge on any atom is -0.455 e. The monoisotopic (exact) mass is 1070 g/mol. The molecule has 0 saturated heterocycles. The molecule has 388 valence electrons. The molecular formula is C80H44O4. The van der Waals surface area contributed by atoms with Crippen LogP contribution < -0.4 is 0 Å². The van der Waals surface area contributed by atoms with E-state index >= 15 is 0 Å². The minimum absolute atomic E-state index is 0.779. The van der Waals surface area contributed by atoms with Crippen LogP contribution in [-0.4, -0.2) is 0 Å². The molecule has 0 amide bonds. The predicted molar refractivity (Wildman–Crippen MR) is 350 cm³/mol. The molecule has 4 heteroatoms. The van der Waals surface area contributed by atoms with Crippen LogP contribution in [0.3, 0.4) is 0 Å². The average Bonchev–Trinajstić information content (AvgIpc) is 1.92. The van der Waals surface area contributed by atoms with Crippen LogP contribution in [0.5, 0.6) is 0 Å². The molecular weight excluding hydrogens is 1020 g/mol. The summed E-state index contributed by atoms with van der Waals surface area (Å²) >= 11 is 0. The fourth-order valence-corrected chi connectivity index (χ4v) is 14.4. The number of hydrogen-bond donors (Lipinski definition) is 0. The highest BCUT2D eigenvalue weighted by atomic mass is 16.4. The first-order valence-corrected chi connectivity index (χ1v) is 28.7. The lowest BCUT2D eigenvalue weighted by Crippen LogP contribution is -1.91. The molecule has 4 heterocycles. The van der Waals surface area contributed by atoms with Gasteiger partial charge in [0.2, 0.25) is 0 Å². The van der Waals surface area contributed by atoms with Crippen LogP contribution in [0.25, 0.3) is 197 Å². The van der Waals surface area contributed by atoms with Crippen molar-refractivity contribution in [2.24, 2.45) is 0 Å². The molecule has 0 unspecified atom stereocenters. The van der Waals surface area contributed by atoms with E-state index in [1.54, 1.807) is 0 Å². The van der Waals surface area contributed by atoms with Crippen molar-refractivity contribution < 1.29 is 17.7 Å². The van der Waals surface area contributed by atoms with Crippen molar-refractivity contribution in [1.82, 2.24) is 0 Å². The van der Waals surface area contributed by atoms with Gasteiger partial charge >= 0.3 is 0 Å². The van der Waals surface area contributed by atoms with Crippen LogP contribution in [0.1, 0.15) is 0 Å². The van der Waals surface area contributed by atoms with Crippen molar-refractivity contribution in [3.8, 4) is 55.6 Å². The first-order chi connectivity index (χ1) is 41.7. The van der Waals surface area contributed by atoms with E-state index in [-0.39, 0.29) is 0 Å².